The summed E-state index contributed by atoms with van der Waals surface area (Å²) < 4.78 is 29.0. The zero-order chi connectivity index (χ0) is 18.3. The van der Waals surface area contributed by atoms with E-state index in [0.29, 0.717) is 18.1 Å². The third kappa shape index (κ3) is 4.60. The molecule has 2 rings (SSSR count). The molecule has 0 aliphatic rings. The smallest absolute Gasteiger partial charge is 0.366 e. The van der Waals surface area contributed by atoms with E-state index in [1.165, 1.54) is 6.07 Å². The van der Waals surface area contributed by atoms with Gasteiger partial charge in [-0.2, -0.15) is 0 Å². The predicted molar refractivity (Wildman–Crippen MR) is 98.8 cm³/mol. The molecule has 1 heterocycles. The molecule has 7 heteroatoms. The fraction of sp³-hybridized carbons (Fsp3) is 0.389. The number of hydrogen-bond donors (Lipinski definition) is 1. The number of benzene rings is 1. The summed E-state index contributed by atoms with van der Waals surface area (Å²) in [6.07, 6.45) is 0.885. The summed E-state index contributed by atoms with van der Waals surface area (Å²) in [6.45, 7) is 6.39. The Kier molecular flexibility index (Phi) is 7.00. The van der Waals surface area contributed by atoms with Gasteiger partial charge in [-0.25, -0.2) is 0 Å². The van der Waals surface area contributed by atoms with Gasteiger partial charge in [-0.1, -0.05) is 19.1 Å². The summed E-state index contributed by atoms with van der Waals surface area (Å²) in [5, 5.41) is 0.00640. The molecule has 0 aliphatic heterocycles. The fourth-order valence-corrected chi connectivity index (χ4v) is 3.98. The van der Waals surface area contributed by atoms with Crippen LogP contribution in [0.1, 0.15) is 27.2 Å². The van der Waals surface area contributed by atoms with Crippen molar-refractivity contribution in [1.29, 1.82) is 0 Å². The minimum absolute atomic E-state index is 0.00640. The molecule has 0 atom stereocenters. The zero-order valence-corrected chi connectivity index (χ0v) is 15.7. The maximum absolute atomic E-state index is 12.8. The quantitative estimate of drug-likeness (QED) is 0.685. The molecule has 25 heavy (non-hydrogen) atoms. The highest BCUT2D eigenvalue weighted by Gasteiger charge is 2.30. The number of nitrogens with one attached hydrogen (secondary N) is 1. The van der Waals surface area contributed by atoms with Crippen molar-refractivity contribution >= 4 is 12.9 Å². The van der Waals surface area contributed by atoms with Crippen molar-refractivity contribution in [1.82, 2.24) is 4.98 Å². The molecule has 0 fully saturated rings. The lowest BCUT2D eigenvalue weighted by Crippen LogP contribution is -2.29. The van der Waals surface area contributed by atoms with Crippen molar-refractivity contribution in [3.8, 4) is 17.0 Å². The Morgan fingerprint density at radius 1 is 1.00 bits per heavy atom. The number of rotatable bonds is 9. The summed E-state index contributed by atoms with van der Waals surface area (Å²) in [6, 6.07) is 10.6. The number of pyridine rings is 1. The van der Waals surface area contributed by atoms with Gasteiger partial charge >= 0.3 is 7.60 Å². The Morgan fingerprint density at radius 3 is 2.28 bits per heavy atom. The number of aromatic amines is 1. The monoisotopic (exact) mass is 365 g/mol. The first-order valence-corrected chi connectivity index (χ1v) is 9.95. The third-order valence-corrected chi connectivity index (χ3v) is 5.56. The van der Waals surface area contributed by atoms with Crippen molar-refractivity contribution < 1.29 is 18.3 Å². The van der Waals surface area contributed by atoms with Gasteiger partial charge in [0.25, 0.3) is 5.56 Å². The minimum Gasteiger partial charge on any atom is -0.493 e. The van der Waals surface area contributed by atoms with Crippen LogP contribution in [0.15, 0.2) is 41.2 Å². The zero-order valence-electron chi connectivity index (χ0n) is 14.8. The van der Waals surface area contributed by atoms with Crippen molar-refractivity contribution in [2.24, 2.45) is 0 Å². The second-order valence-electron chi connectivity index (χ2n) is 5.26. The van der Waals surface area contributed by atoms with Gasteiger partial charge in [-0.05, 0) is 44.5 Å². The van der Waals surface area contributed by atoms with Crippen LogP contribution in [0.4, 0.5) is 0 Å². The van der Waals surface area contributed by atoms with Gasteiger partial charge in [-0.3, -0.25) is 9.36 Å². The third-order valence-electron chi connectivity index (χ3n) is 3.42. The van der Waals surface area contributed by atoms with Gasteiger partial charge in [0.2, 0.25) is 0 Å². The lowest BCUT2D eigenvalue weighted by Gasteiger charge is -2.17. The van der Waals surface area contributed by atoms with Crippen LogP contribution < -0.4 is 15.6 Å². The van der Waals surface area contributed by atoms with Gasteiger partial charge in [0.15, 0.2) is 0 Å². The van der Waals surface area contributed by atoms with Crippen molar-refractivity contribution in [2.45, 2.75) is 27.2 Å². The molecule has 1 N–H and O–H groups in total. The fourth-order valence-electron chi connectivity index (χ4n) is 2.38. The summed E-state index contributed by atoms with van der Waals surface area (Å²) in [7, 11) is -3.63. The van der Waals surface area contributed by atoms with Crippen LogP contribution in [0, 0.1) is 0 Å². The first-order chi connectivity index (χ1) is 12.1. The Morgan fingerprint density at radius 2 is 1.68 bits per heavy atom. The number of H-pyrrole nitrogens is 1. The van der Waals surface area contributed by atoms with Gasteiger partial charge in [0.05, 0.1) is 25.5 Å². The maximum Gasteiger partial charge on any atom is 0.366 e. The molecule has 0 saturated heterocycles. The first kappa shape index (κ1) is 19.4. The van der Waals surface area contributed by atoms with Crippen LogP contribution in [0.25, 0.3) is 11.3 Å². The summed E-state index contributed by atoms with van der Waals surface area (Å²) in [5.41, 5.74) is 0.857. The molecule has 0 bridgehead atoms. The van der Waals surface area contributed by atoms with E-state index in [4.69, 9.17) is 13.8 Å². The average Bonchev–Trinajstić information content (AvgIpc) is 2.60. The molecule has 0 spiro atoms. The number of hydrogen-bond acceptors (Lipinski definition) is 5. The predicted octanol–water partition coefficient (Wildman–Crippen LogP) is 3.72. The highest BCUT2D eigenvalue weighted by atomic mass is 31.2. The molecule has 1 aromatic heterocycles. The first-order valence-electron chi connectivity index (χ1n) is 8.40. The van der Waals surface area contributed by atoms with Crippen molar-refractivity contribution in [3.05, 3.63) is 46.8 Å². The van der Waals surface area contributed by atoms with E-state index in [-0.39, 0.29) is 18.5 Å². The molecule has 1 aromatic carbocycles. The van der Waals surface area contributed by atoms with Crippen LogP contribution in [-0.4, -0.2) is 24.8 Å². The summed E-state index contributed by atoms with van der Waals surface area (Å²) in [4.78, 5) is 15.3. The highest BCUT2D eigenvalue weighted by Crippen LogP contribution is 2.45. The normalized spacial score (nSPS) is 11.5. The molecule has 0 amide bonds. The molecular formula is C18H24NO5P. The molecular weight excluding hydrogens is 341 g/mol. The Bertz CT molecular complexity index is 792. The van der Waals surface area contributed by atoms with Crippen LogP contribution in [0.2, 0.25) is 0 Å². The molecule has 6 nitrogen and oxygen atoms in total. The SMILES string of the molecule is CCCOc1ccccc1-c1ccc(P(=O)(OCC)OCC)c(=O)[nH]1. The van der Waals surface area contributed by atoms with Crippen LogP contribution >= 0.6 is 7.60 Å². The Labute approximate surface area is 147 Å². The van der Waals surface area contributed by atoms with Gasteiger partial charge in [0, 0.05) is 5.56 Å². The van der Waals surface area contributed by atoms with E-state index in [1.807, 2.05) is 31.2 Å². The average molecular weight is 365 g/mol. The highest BCUT2D eigenvalue weighted by molar-refractivity contribution is 7.62. The number of aromatic nitrogens is 1. The van der Waals surface area contributed by atoms with Crippen LogP contribution in [-0.2, 0) is 13.6 Å². The van der Waals surface area contributed by atoms with E-state index in [2.05, 4.69) is 4.98 Å². The molecule has 136 valence electrons. The summed E-state index contributed by atoms with van der Waals surface area (Å²) >= 11 is 0. The van der Waals surface area contributed by atoms with E-state index >= 15 is 0 Å². The van der Waals surface area contributed by atoms with Crippen molar-refractivity contribution in [2.75, 3.05) is 19.8 Å². The Balaban J connectivity index is 2.44. The number of ether oxygens (including phenoxy) is 1. The maximum atomic E-state index is 12.8. The van der Waals surface area contributed by atoms with Gasteiger partial charge in [0.1, 0.15) is 11.1 Å². The topological polar surface area (TPSA) is 77.6 Å². The summed E-state index contributed by atoms with van der Waals surface area (Å²) in [5.74, 6) is 0.686. The van der Waals surface area contributed by atoms with Crippen molar-refractivity contribution in [3.63, 3.8) is 0 Å². The molecule has 0 saturated carbocycles. The van der Waals surface area contributed by atoms with Gasteiger partial charge in [-0.15, -0.1) is 0 Å². The second-order valence-corrected chi connectivity index (χ2v) is 7.26. The molecule has 0 radical (unpaired) electrons. The lowest BCUT2D eigenvalue weighted by atomic mass is 10.1. The van der Waals surface area contributed by atoms with Crippen LogP contribution in [0.5, 0.6) is 5.75 Å². The Hall–Kier alpha value is -1.88. The second kappa shape index (κ2) is 8.99. The standard InChI is InChI=1S/C18H24NO5P/c1-4-13-22-16-10-8-7-9-14(16)15-11-12-17(18(20)19-15)25(21,23-5-2)24-6-3/h7-12H,4-6,13H2,1-3H3,(H,19,20). The van der Waals surface area contributed by atoms with E-state index in [1.54, 1.807) is 19.9 Å². The molecule has 0 aliphatic carbocycles. The minimum atomic E-state index is -3.63. The van der Waals surface area contributed by atoms with E-state index < -0.39 is 13.2 Å². The van der Waals surface area contributed by atoms with E-state index in [0.717, 1.165) is 12.0 Å². The van der Waals surface area contributed by atoms with Gasteiger partial charge < -0.3 is 18.8 Å². The number of para-hydroxylation sites is 1. The lowest BCUT2D eigenvalue weighted by molar-refractivity contribution is 0.229. The molecule has 2 aromatic rings. The molecule has 0 unspecified atom stereocenters. The van der Waals surface area contributed by atoms with E-state index in [9.17, 15) is 9.36 Å². The van der Waals surface area contributed by atoms with Crippen LogP contribution in [0.3, 0.4) is 0 Å². The largest absolute Gasteiger partial charge is 0.493 e.